The van der Waals surface area contributed by atoms with E-state index in [2.05, 4.69) is 17.0 Å². The van der Waals surface area contributed by atoms with Gasteiger partial charge in [-0.1, -0.05) is 24.3 Å². The Bertz CT molecular complexity index is 429. The Morgan fingerprint density at radius 3 is 2.76 bits per heavy atom. The lowest BCUT2D eigenvalue weighted by Gasteiger charge is -2.33. The number of hydrogen-bond donors (Lipinski definition) is 2. The molecule has 1 aromatic carbocycles. The molecule has 0 unspecified atom stereocenters. The molecule has 4 heteroatoms. The lowest BCUT2D eigenvalue weighted by molar-refractivity contribution is -0.143. The van der Waals surface area contributed by atoms with Crippen LogP contribution in [-0.2, 0) is 17.8 Å². The van der Waals surface area contributed by atoms with Gasteiger partial charge in [0, 0.05) is 19.6 Å². The zero-order valence-corrected chi connectivity index (χ0v) is 10.0. The molecule has 0 amide bonds. The third-order valence-corrected chi connectivity index (χ3v) is 3.25. The number of rotatable bonds is 3. The van der Waals surface area contributed by atoms with Gasteiger partial charge in [-0.2, -0.15) is 0 Å². The molecule has 4 nitrogen and oxygen atoms in total. The second-order valence-corrected chi connectivity index (χ2v) is 4.95. The van der Waals surface area contributed by atoms with Gasteiger partial charge in [0.2, 0.25) is 0 Å². The maximum atomic E-state index is 11.0. The molecule has 1 atom stereocenters. The Morgan fingerprint density at radius 2 is 2.12 bits per heavy atom. The zero-order chi connectivity index (χ0) is 12.5. The van der Waals surface area contributed by atoms with Crippen molar-refractivity contribution in [3.05, 3.63) is 35.4 Å². The van der Waals surface area contributed by atoms with E-state index >= 15 is 0 Å². The molecule has 3 N–H and O–H groups in total. The molecule has 1 aromatic rings. The van der Waals surface area contributed by atoms with Crippen LogP contribution in [0.15, 0.2) is 24.3 Å². The summed E-state index contributed by atoms with van der Waals surface area (Å²) >= 11 is 0. The van der Waals surface area contributed by atoms with E-state index in [0.717, 1.165) is 19.5 Å². The van der Waals surface area contributed by atoms with Crippen LogP contribution in [0.25, 0.3) is 0 Å². The molecular formula is C13H18N2O2. The van der Waals surface area contributed by atoms with Gasteiger partial charge >= 0.3 is 5.97 Å². The highest BCUT2D eigenvalue weighted by atomic mass is 16.4. The van der Waals surface area contributed by atoms with E-state index in [1.54, 1.807) is 6.92 Å². The van der Waals surface area contributed by atoms with Crippen LogP contribution in [-0.4, -0.2) is 34.6 Å². The van der Waals surface area contributed by atoms with Crippen molar-refractivity contribution in [3.8, 4) is 0 Å². The lowest BCUT2D eigenvalue weighted by Crippen LogP contribution is -2.54. The molecule has 17 heavy (non-hydrogen) atoms. The smallest absolute Gasteiger partial charge is 0.324 e. The van der Waals surface area contributed by atoms with Crippen molar-refractivity contribution in [1.82, 2.24) is 4.90 Å². The highest BCUT2D eigenvalue weighted by Crippen LogP contribution is 2.19. The summed E-state index contributed by atoms with van der Waals surface area (Å²) in [7, 11) is 0. The quantitative estimate of drug-likeness (QED) is 0.813. The molecule has 1 heterocycles. The van der Waals surface area contributed by atoms with E-state index < -0.39 is 11.5 Å². The summed E-state index contributed by atoms with van der Waals surface area (Å²) in [4.78, 5) is 13.1. The molecule has 0 spiro atoms. The molecule has 0 saturated carbocycles. The van der Waals surface area contributed by atoms with Crippen molar-refractivity contribution in [1.29, 1.82) is 0 Å². The maximum absolute atomic E-state index is 11.0. The zero-order valence-electron chi connectivity index (χ0n) is 10.0. The van der Waals surface area contributed by atoms with Crippen molar-refractivity contribution in [2.75, 3.05) is 13.1 Å². The molecule has 0 radical (unpaired) electrons. The van der Waals surface area contributed by atoms with Crippen LogP contribution in [0.3, 0.4) is 0 Å². The number of hydrogen-bond acceptors (Lipinski definition) is 3. The first-order chi connectivity index (χ1) is 7.99. The second-order valence-electron chi connectivity index (χ2n) is 4.95. The molecule has 92 valence electrons. The van der Waals surface area contributed by atoms with Crippen LogP contribution < -0.4 is 5.73 Å². The Kier molecular flexibility index (Phi) is 3.17. The predicted molar refractivity (Wildman–Crippen MR) is 65.7 cm³/mol. The van der Waals surface area contributed by atoms with E-state index in [1.807, 2.05) is 12.1 Å². The van der Waals surface area contributed by atoms with Gasteiger partial charge in [0.05, 0.1) is 0 Å². The molecule has 0 saturated heterocycles. The number of fused-ring (bicyclic) bond motifs is 1. The topological polar surface area (TPSA) is 66.6 Å². The van der Waals surface area contributed by atoms with Crippen LogP contribution in [0.1, 0.15) is 18.1 Å². The molecule has 0 fully saturated rings. The highest BCUT2D eigenvalue weighted by Gasteiger charge is 2.31. The standard InChI is InChI=1S/C13H18N2O2/c1-13(14,12(16)17)9-15-7-6-10-4-2-3-5-11(10)8-15/h2-5H,6-9,14H2,1H3,(H,16,17)/t13-/m1/s1. The van der Waals surface area contributed by atoms with Gasteiger partial charge in [-0.05, 0) is 24.5 Å². The minimum atomic E-state index is -1.17. The van der Waals surface area contributed by atoms with E-state index in [1.165, 1.54) is 11.1 Å². The summed E-state index contributed by atoms with van der Waals surface area (Å²) in [5, 5.41) is 9.02. The van der Waals surface area contributed by atoms with Crippen LogP contribution >= 0.6 is 0 Å². The predicted octanol–water partition coefficient (Wildman–Crippen LogP) is 0.847. The van der Waals surface area contributed by atoms with Gasteiger partial charge in [0.1, 0.15) is 5.54 Å². The first-order valence-electron chi connectivity index (χ1n) is 5.80. The first-order valence-corrected chi connectivity index (χ1v) is 5.80. The number of carboxylic acid groups (broad SMARTS) is 1. The molecule has 0 aromatic heterocycles. The van der Waals surface area contributed by atoms with Crippen LogP contribution in [0, 0.1) is 0 Å². The Morgan fingerprint density at radius 1 is 1.47 bits per heavy atom. The maximum Gasteiger partial charge on any atom is 0.324 e. The number of nitrogens with zero attached hydrogens (tertiary/aromatic N) is 1. The van der Waals surface area contributed by atoms with E-state index in [-0.39, 0.29) is 0 Å². The van der Waals surface area contributed by atoms with E-state index in [9.17, 15) is 4.79 Å². The second kappa shape index (κ2) is 4.47. The number of carboxylic acids is 1. The Balaban J connectivity index is 2.06. The number of benzene rings is 1. The fourth-order valence-corrected chi connectivity index (χ4v) is 2.22. The molecular weight excluding hydrogens is 216 g/mol. The van der Waals surface area contributed by atoms with Crippen molar-refractivity contribution < 1.29 is 9.90 Å². The van der Waals surface area contributed by atoms with Crippen molar-refractivity contribution in [3.63, 3.8) is 0 Å². The molecule has 1 aliphatic rings. The van der Waals surface area contributed by atoms with E-state index in [4.69, 9.17) is 10.8 Å². The van der Waals surface area contributed by atoms with Gasteiger partial charge in [-0.15, -0.1) is 0 Å². The van der Waals surface area contributed by atoms with Crippen molar-refractivity contribution in [2.24, 2.45) is 5.73 Å². The highest BCUT2D eigenvalue weighted by molar-refractivity contribution is 5.78. The normalized spacial score (nSPS) is 19.4. The minimum Gasteiger partial charge on any atom is -0.480 e. The molecule has 0 bridgehead atoms. The van der Waals surface area contributed by atoms with Crippen LogP contribution in [0.4, 0.5) is 0 Å². The van der Waals surface area contributed by atoms with Crippen molar-refractivity contribution >= 4 is 5.97 Å². The lowest BCUT2D eigenvalue weighted by atomic mass is 9.97. The first kappa shape index (κ1) is 12.1. The third kappa shape index (κ3) is 2.65. The van der Waals surface area contributed by atoms with Gasteiger partial charge < -0.3 is 10.8 Å². The molecule has 2 rings (SSSR count). The number of aliphatic carboxylic acids is 1. The SMILES string of the molecule is C[C@@](N)(CN1CCc2ccccc2C1)C(=O)O. The number of nitrogens with two attached hydrogens (primary N) is 1. The van der Waals surface area contributed by atoms with E-state index in [0.29, 0.717) is 6.54 Å². The summed E-state index contributed by atoms with van der Waals surface area (Å²) in [6.07, 6.45) is 0.964. The largest absolute Gasteiger partial charge is 0.480 e. The Hall–Kier alpha value is -1.39. The summed E-state index contributed by atoms with van der Waals surface area (Å²) in [6, 6.07) is 8.28. The number of carbonyl (C=O) groups is 1. The average Bonchev–Trinajstić information content (AvgIpc) is 2.28. The van der Waals surface area contributed by atoms with Crippen molar-refractivity contribution in [2.45, 2.75) is 25.4 Å². The fraction of sp³-hybridized carbons (Fsp3) is 0.462. The van der Waals surface area contributed by atoms with Crippen LogP contribution in [0.2, 0.25) is 0 Å². The summed E-state index contributed by atoms with van der Waals surface area (Å²) in [5.74, 6) is -0.948. The molecule has 0 aliphatic carbocycles. The average molecular weight is 234 g/mol. The minimum absolute atomic E-state index is 0.386. The van der Waals surface area contributed by atoms with Gasteiger partial charge in [-0.25, -0.2) is 0 Å². The summed E-state index contributed by atoms with van der Waals surface area (Å²) < 4.78 is 0. The Labute approximate surface area is 101 Å². The van der Waals surface area contributed by atoms with Gasteiger partial charge in [0.15, 0.2) is 0 Å². The van der Waals surface area contributed by atoms with Crippen LogP contribution in [0.5, 0.6) is 0 Å². The fourth-order valence-electron chi connectivity index (χ4n) is 2.22. The monoisotopic (exact) mass is 234 g/mol. The van der Waals surface area contributed by atoms with Gasteiger partial charge in [0.25, 0.3) is 0 Å². The summed E-state index contributed by atoms with van der Waals surface area (Å²) in [6.45, 7) is 3.61. The van der Waals surface area contributed by atoms with Gasteiger partial charge in [-0.3, -0.25) is 9.69 Å². The molecule has 1 aliphatic heterocycles. The third-order valence-electron chi connectivity index (χ3n) is 3.25. The summed E-state index contributed by atoms with van der Waals surface area (Å²) in [5.41, 5.74) is 7.23.